The zero-order valence-corrected chi connectivity index (χ0v) is 14.3. The monoisotopic (exact) mass is 349 g/mol. The van der Waals surface area contributed by atoms with Gasteiger partial charge < -0.3 is 9.47 Å². The maximum absolute atomic E-state index is 12.6. The van der Waals surface area contributed by atoms with Crippen LogP contribution in [-0.4, -0.2) is 22.0 Å². The lowest BCUT2D eigenvalue weighted by Crippen LogP contribution is -2.24. The minimum Gasteiger partial charge on any atom is -0.316 e. The number of imidazole rings is 1. The third-order valence-electron chi connectivity index (χ3n) is 4.54. The van der Waals surface area contributed by atoms with E-state index in [1.54, 1.807) is 11.0 Å². The zero-order valence-electron chi connectivity index (χ0n) is 13.5. The second-order valence-electron chi connectivity index (χ2n) is 6.13. The number of benzene rings is 2. The first kappa shape index (κ1) is 15.7. The average molecular weight is 350 g/mol. The van der Waals surface area contributed by atoms with Gasteiger partial charge in [-0.3, -0.25) is 4.79 Å². The van der Waals surface area contributed by atoms with E-state index in [-0.39, 0.29) is 11.8 Å². The summed E-state index contributed by atoms with van der Waals surface area (Å²) in [5.41, 5.74) is 2.73. The van der Waals surface area contributed by atoms with Crippen LogP contribution in [0.3, 0.4) is 0 Å². The first-order chi connectivity index (χ1) is 12.2. The van der Waals surface area contributed by atoms with Crippen LogP contribution < -0.4 is 4.90 Å². The van der Waals surface area contributed by atoms with Gasteiger partial charge in [0.25, 0.3) is 0 Å². The van der Waals surface area contributed by atoms with Gasteiger partial charge in [-0.1, -0.05) is 35.7 Å². The molecule has 1 saturated heterocycles. The van der Waals surface area contributed by atoms with Crippen LogP contribution in [0, 0.1) is 12.3 Å². The van der Waals surface area contributed by atoms with Gasteiger partial charge in [-0.25, -0.2) is 4.98 Å². The summed E-state index contributed by atoms with van der Waals surface area (Å²) < 4.78 is 2.04. The minimum absolute atomic E-state index is 0.00670. The third kappa shape index (κ3) is 2.77. The topological polar surface area (TPSA) is 38.1 Å². The van der Waals surface area contributed by atoms with Crippen molar-refractivity contribution in [3.8, 4) is 12.3 Å². The van der Waals surface area contributed by atoms with Crippen LogP contribution in [0.5, 0.6) is 0 Å². The van der Waals surface area contributed by atoms with Crippen LogP contribution in [-0.2, 0) is 11.3 Å². The van der Waals surface area contributed by atoms with Gasteiger partial charge in [0.15, 0.2) is 0 Å². The Morgan fingerprint density at radius 2 is 2.08 bits per heavy atom. The van der Waals surface area contributed by atoms with Gasteiger partial charge in [0, 0.05) is 29.6 Å². The Hall–Kier alpha value is -2.77. The molecule has 0 radical (unpaired) electrons. The molecular weight excluding hydrogens is 334 g/mol. The highest BCUT2D eigenvalue weighted by molar-refractivity contribution is 6.30. The maximum atomic E-state index is 12.6. The number of halogens is 1. The van der Waals surface area contributed by atoms with Gasteiger partial charge >= 0.3 is 0 Å². The largest absolute Gasteiger partial charge is 0.316 e. The number of terminal acetylenes is 1. The number of hydrogen-bond donors (Lipinski definition) is 0. The molecule has 2 heterocycles. The highest BCUT2D eigenvalue weighted by atomic mass is 35.5. The molecule has 0 spiro atoms. The van der Waals surface area contributed by atoms with Crippen molar-refractivity contribution in [3.05, 3.63) is 59.4 Å². The summed E-state index contributed by atoms with van der Waals surface area (Å²) in [6, 6.07) is 15.3. The summed E-state index contributed by atoms with van der Waals surface area (Å²) in [6.07, 6.45) is 5.97. The summed E-state index contributed by atoms with van der Waals surface area (Å²) >= 11 is 6.07. The summed E-state index contributed by atoms with van der Waals surface area (Å²) in [7, 11) is 0. The van der Waals surface area contributed by atoms with Crippen molar-refractivity contribution in [1.29, 1.82) is 0 Å². The van der Waals surface area contributed by atoms with E-state index < -0.39 is 0 Å². The molecule has 1 aliphatic heterocycles. The maximum Gasteiger partial charge on any atom is 0.227 e. The van der Waals surface area contributed by atoms with Crippen LogP contribution >= 0.6 is 11.6 Å². The lowest BCUT2D eigenvalue weighted by molar-refractivity contribution is -0.117. The van der Waals surface area contributed by atoms with Crippen LogP contribution in [0.15, 0.2) is 48.5 Å². The molecule has 25 heavy (non-hydrogen) atoms. The van der Waals surface area contributed by atoms with Crippen molar-refractivity contribution in [2.45, 2.75) is 18.9 Å². The molecule has 1 aliphatic rings. The summed E-state index contributed by atoms with van der Waals surface area (Å²) in [6.45, 7) is 1.02. The molecule has 0 unspecified atom stereocenters. The normalized spacial score (nSPS) is 17.2. The molecule has 0 N–H and O–H groups in total. The Morgan fingerprint density at radius 1 is 1.24 bits per heavy atom. The standard InChI is InChI=1S/C20H16ClN3O/c1-2-10-23-18-9-4-3-8-17(18)22-20(23)14-11-19(25)24(13-14)16-7-5-6-15(21)12-16/h1,3-9,12,14H,10-11,13H2/t14-/m1/s1. The van der Waals surface area contributed by atoms with Gasteiger partial charge in [0.1, 0.15) is 5.82 Å². The molecule has 1 fully saturated rings. The smallest absolute Gasteiger partial charge is 0.227 e. The number of amides is 1. The minimum atomic E-state index is 0.00670. The number of carbonyl (C=O) groups excluding carboxylic acids is 1. The molecular formula is C20H16ClN3O. The van der Waals surface area contributed by atoms with Crippen LogP contribution in [0.25, 0.3) is 11.0 Å². The molecule has 4 rings (SSSR count). The molecule has 4 nitrogen and oxygen atoms in total. The van der Waals surface area contributed by atoms with Crippen molar-refractivity contribution < 1.29 is 4.79 Å². The quantitative estimate of drug-likeness (QED) is 0.674. The molecule has 1 atom stereocenters. The number of aromatic nitrogens is 2. The molecule has 3 aromatic rings. The summed E-state index contributed by atoms with van der Waals surface area (Å²) in [5, 5.41) is 0.619. The third-order valence-corrected chi connectivity index (χ3v) is 4.78. The van der Waals surface area contributed by atoms with Crippen molar-refractivity contribution in [2.24, 2.45) is 0 Å². The number of rotatable bonds is 3. The van der Waals surface area contributed by atoms with E-state index in [9.17, 15) is 4.79 Å². The van der Waals surface area contributed by atoms with E-state index in [1.807, 2.05) is 47.0 Å². The Bertz CT molecular complexity index is 1000. The molecule has 1 amide bonds. The van der Waals surface area contributed by atoms with Crippen LogP contribution in [0.4, 0.5) is 5.69 Å². The number of nitrogens with zero attached hydrogens (tertiary/aromatic N) is 3. The van der Waals surface area contributed by atoms with Crippen molar-refractivity contribution in [2.75, 3.05) is 11.4 Å². The van der Waals surface area contributed by atoms with Gasteiger partial charge in [-0.05, 0) is 30.3 Å². The molecule has 0 saturated carbocycles. The van der Waals surface area contributed by atoms with E-state index >= 15 is 0 Å². The number of carbonyl (C=O) groups is 1. The highest BCUT2D eigenvalue weighted by Crippen LogP contribution is 2.33. The fourth-order valence-corrected chi connectivity index (χ4v) is 3.62. The molecule has 2 aromatic carbocycles. The molecule has 1 aromatic heterocycles. The van der Waals surface area contributed by atoms with Crippen molar-refractivity contribution in [3.63, 3.8) is 0 Å². The fourth-order valence-electron chi connectivity index (χ4n) is 3.44. The zero-order chi connectivity index (χ0) is 17.4. The average Bonchev–Trinajstić information content (AvgIpc) is 3.16. The Balaban J connectivity index is 1.72. The predicted octanol–water partition coefficient (Wildman–Crippen LogP) is 3.84. The second kappa shape index (κ2) is 6.27. The Labute approximate surface area is 151 Å². The van der Waals surface area contributed by atoms with E-state index in [0.717, 1.165) is 22.5 Å². The second-order valence-corrected chi connectivity index (χ2v) is 6.57. The van der Waals surface area contributed by atoms with Crippen LogP contribution in [0.2, 0.25) is 5.02 Å². The lowest BCUT2D eigenvalue weighted by atomic mass is 10.1. The van der Waals surface area contributed by atoms with Crippen molar-refractivity contribution >= 4 is 34.2 Å². The molecule has 124 valence electrons. The van der Waals surface area contributed by atoms with Crippen molar-refractivity contribution in [1.82, 2.24) is 9.55 Å². The van der Waals surface area contributed by atoms with E-state index in [4.69, 9.17) is 23.0 Å². The summed E-state index contributed by atoms with van der Waals surface area (Å²) in [5.74, 6) is 3.65. The first-order valence-electron chi connectivity index (χ1n) is 8.12. The number of para-hydroxylation sites is 2. The summed E-state index contributed by atoms with van der Waals surface area (Å²) in [4.78, 5) is 19.1. The fraction of sp³-hybridized carbons (Fsp3) is 0.200. The van der Waals surface area contributed by atoms with E-state index in [2.05, 4.69) is 5.92 Å². The number of hydrogen-bond acceptors (Lipinski definition) is 2. The Kier molecular flexibility index (Phi) is 3.95. The Morgan fingerprint density at radius 3 is 2.88 bits per heavy atom. The lowest BCUT2D eigenvalue weighted by Gasteiger charge is -2.17. The number of anilines is 1. The number of fused-ring (bicyclic) bond motifs is 1. The SMILES string of the molecule is C#CCn1c([C@@H]2CC(=O)N(c3cccc(Cl)c3)C2)nc2ccccc21. The van der Waals surface area contributed by atoms with Gasteiger partial charge in [0.2, 0.25) is 5.91 Å². The molecule has 0 aliphatic carbocycles. The highest BCUT2D eigenvalue weighted by Gasteiger charge is 2.34. The van der Waals surface area contributed by atoms with E-state index in [0.29, 0.717) is 24.5 Å². The first-order valence-corrected chi connectivity index (χ1v) is 8.49. The van der Waals surface area contributed by atoms with E-state index in [1.165, 1.54) is 0 Å². The van der Waals surface area contributed by atoms with Gasteiger partial charge in [0.05, 0.1) is 17.6 Å². The molecule has 5 heteroatoms. The van der Waals surface area contributed by atoms with Crippen LogP contribution in [0.1, 0.15) is 18.2 Å². The van der Waals surface area contributed by atoms with Gasteiger partial charge in [-0.15, -0.1) is 6.42 Å². The molecule has 0 bridgehead atoms. The van der Waals surface area contributed by atoms with Gasteiger partial charge in [-0.2, -0.15) is 0 Å². The predicted molar refractivity (Wildman–Crippen MR) is 99.7 cm³/mol.